The van der Waals surface area contributed by atoms with Crippen LogP contribution in [-0.2, 0) is 9.47 Å². The van der Waals surface area contributed by atoms with E-state index in [4.69, 9.17) is 21.1 Å². The quantitative estimate of drug-likeness (QED) is 0.462. The van der Waals surface area contributed by atoms with Gasteiger partial charge in [0.05, 0.1) is 12.1 Å². The monoisotopic (exact) mass is 457 g/mol. The van der Waals surface area contributed by atoms with E-state index in [-0.39, 0.29) is 28.6 Å². The van der Waals surface area contributed by atoms with E-state index in [1.165, 1.54) is 37.1 Å². The number of hydrogen-bond donors (Lipinski definition) is 1. The molecule has 1 unspecified atom stereocenters. The van der Waals surface area contributed by atoms with Gasteiger partial charge in [-0.25, -0.2) is 19.0 Å². The van der Waals surface area contributed by atoms with Crippen molar-refractivity contribution in [1.82, 2.24) is 14.9 Å². The molecule has 1 N–H and O–H groups in total. The number of thioether (sulfide) groups is 1. The van der Waals surface area contributed by atoms with Crippen molar-refractivity contribution >= 4 is 35.4 Å². The second-order valence-electron chi connectivity index (χ2n) is 7.03. The van der Waals surface area contributed by atoms with Crippen LogP contribution in [-0.4, -0.2) is 52.4 Å². The third-order valence-electron chi connectivity index (χ3n) is 4.31. The molecule has 1 heterocycles. The summed E-state index contributed by atoms with van der Waals surface area (Å²) in [5.41, 5.74) is 0.541. The maximum atomic E-state index is 13.7. The molecule has 0 bridgehead atoms. The van der Waals surface area contributed by atoms with Crippen LogP contribution in [0, 0.1) is 5.82 Å². The highest BCUT2D eigenvalue weighted by atomic mass is 35.5. The van der Waals surface area contributed by atoms with Crippen molar-refractivity contribution in [3.63, 3.8) is 0 Å². The van der Waals surface area contributed by atoms with Crippen LogP contribution in [0.5, 0.6) is 0 Å². The van der Waals surface area contributed by atoms with Crippen molar-refractivity contribution in [2.45, 2.75) is 50.9 Å². The Morgan fingerprint density at radius 3 is 2.37 bits per heavy atom. The van der Waals surface area contributed by atoms with E-state index < -0.39 is 24.0 Å². The average molecular weight is 458 g/mol. The third kappa shape index (κ3) is 5.26. The van der Waals surface area contributed by atoms with E-state index in [1.54, 1.807) is 11.2 Å². The van der Waals surface area contributed by atoms with E-state index in [9.17, 15) is 14.0 Å². The number of hydrogen-bond acceptors (Lipinski definition) is 6. The van der Waals surface area contributed by atoms with E-state index in [0.29, 0.717) is 10.6 Å². The van der Waals surface area contributed by atoms with Gasteiger partial charge in [0, 0.05) is 17.6 Å². The fourth-order valence-electron chi connectivity index (χ4n) is 3.02. The van der Waals surface area contributed by atoms with Crippen LogP contribution in [0.2, 0.25) is 5.02 Å². The molecule has 0 aliphatic heterocycles. The molecular formula is C20H25ClFN3O4S. The Hall–Kier alpha value is -2.26. The molecule has 2 aromatic rings. The zero-order valence-corrected chi connectivity index (χ0v) is 19.2. The first-order valence-electron chi connectivity index (χ1n) is 9.26. The van der Waals surface area contributed by atoms with Gasteiger partial charge in [-0.3, -0.25) is 0 Å². The van der Waals surface area contributed by atoms with Gasteiger partial charge in [0.15, 0.2) is 17.6 Å². The lowest BCUT2D eigenvalue weighted by Crippen LogP contribution is -2.43. The molecule has 0 aliphatic rings. The Kier molecular flexibility index (Phi) is 8.14. The number of esters is 1. The van der Waals surface area contributed by atoms with Gasteiger partial charge in [0.2, 0.25) is 0 Å². The number of rotatable bonds is 7. The van der Waals surface area contributed by atoms with Crippen molar-refractivity contribution in [3.05, 3.63) is 46.1 Å². The number of aromatic amines is 1. The molecule has 0 saturated heterocycles. The number of benzene rings is 1. The predicted molar refractivity (Wildman–Crippen MR) is 114 cm³/mol. The number of ether oxygens (including phenoxy) is 2. The number of carbonyl (C=O) groups excluding carboxylic acids is 2. The van der Waals surface area contributed by atoms with Crippen molar-refractivity contribution < 1.29 is 23.5 Å². The number of methoxy groups -OCH3 is 1. The number of nitrogens with zero attached hydrogens (tertiary/aromatic N) is 2. The Morgan fingerprint density at radius 2 is 1.87 bits per heavy atom. The van der Waals surface area contributed by atoms with Gasteiger partial charge in [0.25, 0.3) is 0 Å². The summed E-state index contributed by atoms with van der Waals surface area (Å²) in [4.78, 5) is 33.9. The van der Waals surface area contributed by atoms with Gasteiger partial charge in [-0.05, 0) is 46.1 Å². The number of carbonyl (C=O) groups is 2. The van der Waals surface area contributed by atoms with E-state index in [1.807, 2.05) is 27.7 Å². The summed E-state index contributed by atoms with van der Waals surface area (Å²) in [6.45, 7) is 7.50. The highest BCUT2D eigenvalue weighted by Crippen LogP contribution is 2.31. The highest BCUT2D eigenvalue weighted by molar-refractivity contribution is 7.98. The van der Waals surface area contributed by atoms with Gasteiger partial charge >= 0.3 is 12.1 Å². The normalized spacial score (nSPS) is 12.2. The van der Waals surface area contributed by atoms with Crippen molar-refractivity contribution in [1.29, 1.82) is 0 Å². The molecule has 1 amide bonds. The summed E-state index contributed by atoms with van der Waals surface area (Å²) in [5, 5.41) is 0.263. The fraction of sp³-hybridized carbons (Fsp3) is 0.450. The summed E-state index contributed by atoms with van der Waals surface area (Å²) < 4.78 is 24.3. The van der Waals surface area contributed by atoms with Crippen LogP contribution >= 0.6 is 23.4 Å². The second kappa shape index (κ2) is 10.2. The summed E-state index contributed by atoms with van der Waals surface area (Å²) in [7, 11) is 1.26. The topological polar surface area (TPSA) is 84.5 Å². The zero-order chi connectivity index (χ0) is 22.6. The third-order valence-corrected chi connectivity index (χ3v) is 5.28. The first-order chi connectivity index (χ1) is 14.1. The lowest BCUT2D eigenvalue weighted by molar-refractivity contribution is 0.0551. The van der Waals surface area contributed by atoms with Gasteiger partial charge in [-0.2, -0.15) is 0 Å². The summed E-state index contributed by atoms with van der Waals surface area (Å²) in [5.74, 6) is -1.01. The van der Waals surface area contributed by atoms with Crippen LogP contribution < -0.4 is 0 Å². The first kappa shape index (κ1) is 24.0. The summed E-state index contributed by atoms with van der Waals surface area (Å²) >= 11 is 7.18. The molecule has 164 valence electrons. The van der Waals surface area contributed by atoms with Crippen LogP contribution in [0.25, 0.3) is 0 Å². The lowest BCUT2D eigenvalue weighted by Gasteiger charge is -2.31. The molecule has 30 heavy (non-hydrogen) atoms. The molecule has 1 atom stereocenters. The Labute approximate surface area is 184 Å². The van der Waals surface area contributed by atoms with Gasteiger partial charge < -0.3 is 19.4 Å². The van der Waals surface area contributed by atoms with E-state index in [0.717, 1.165) is 0 Å². The number of amides is 1. The Balaban J connectivity index is 2.54. The van der Waals surface area contributed by atoms with E-state index in [2.05, 4.69) is 9.97 Å². The van der Waals surface area contributed by atoms with Gasteiger partial charge in [0.1, 0.15) is 10.8 Å². The SMILES string of the molecule is COC(=O)c1[nH]c(C(OC(=O)N(C(C)C)C(C)C)c2ccc(F)c(Cl)c2)nc1SC. The fourth-order valence-corrected chi connectivity index (χ4v) is 3.74. The van der Waals surface area contributed by atoms with Crippen LogP contribution in [0.15, 0.2) is 23.2 Å². The maximum absolute atomic E-state index is 13.7. The van der Waals surface area contributed by atoms with Crippen LogP contribution in [0.4, 0.5) is 9.18 Å². The van der Waals surface area contributed by atoms with E-state index >= 15 is 0 Å². The van der Waals surface area contributed by atoms with Crippen molar-refractivity contribution in [3.8, 4) is 0 Å². The van der Waals surface area contributed by atoms with Crippen molar-refractivity contribution in [2.75, 3.05) is 13.4 Å². The molecule has 0 saturated carbocycles. The summed E-state index contributed by atoms with van der Waals surface area (Å²) in [6, 6.07) is 3.77. The first-order valence-corrected chi connectivity index (χ1v) is 10.9. The molecule has 1 aromatic heterocycles. The molecule has 1 aromatic carbocycles. The molecule has 0 spiro atoms. The van der Waals surface area contributed by atoms with Gasteiger partial charge in [-0.1, -0.05) is 17.7 Å². The summed E-state index contributed by atoms with van der Waals surface area (Å²) in [6.07, 6.45) is 0.133. The van der Waals surface area contributed by atoms with Gasteiger partial charge in [-0.15, -0.1) is 11.8 Å². The number of halogens is 2. The molecule has 0 fully saturated rings. The predicted octanol–water partition coefficient (Wildman–Crippen LogP) is 5.06. The largest absolute Gasteiger partial charge is 0.464 e. The Bertz CT molecular complexity index is 911. The van der Waals surface area contributed by atoms with Crippen LogP contribution in [0.3, 0.4) is 0 Å². The number of aromatic nitrogens is 2. The smallest absolute Gasteiger partial charge is 0.411 e. The average Bonchev–Trinajstić information content (AvgIpc) is 3.11. The minimum Gasteiger partial charge on any atom is -0.464 e. The minimum atomic E-state index is -1.04. The van der Waals surface area contributed by atoms with Crippen molar-refractivity contribution in [2.24, 2.45) is 0 Å². The maximum Gasteiger partial charge on any atom is 0.411 e. The standard InChI is InChI=1S/C20H25ClFN3O4S/c1-10(2)25(11(3)4)20(27)29-16(12-7-8-14(22)13(21)9-12)17-23-15(19(26)28-5)18(24-17)30-6/h7-11,16H,1-6H3,(H,23,24). The molecule has 0 aliphatic carbocycles. The lowest BCUT2D eigenvalue weighted by atomic mass is 10.1. The molecule has 0 radical (unpaired) electrons. The molecule has 2 rings (SSSR count). The van der Waals surface area contributed by atoms with Crippen LogP contribution in [0.1, 0.15) is 55.7 Å². The number of imidazole rings is 1. The minimum absolute atomic E-state index is 0.112. The highest BCUT2D eigenvalue weighted by Gasteiger charge is 2.30. The molecular weight excluding hydrogens is 433 g/mol. The molecule has 7 nitrogen and oxygen atoms in total. The number of H-pyrrole nitrogens is 1. The zero-order valence-electron chi connectivity index (χ0n) is 17.7. The molecule has 10 heteroatoms. The number of nitrogens with one attached hydrogen (secondary N) is 1. The Morgan fingerprint density at radius 1 is 1.23 bits per heavy atom. The second-order valence-corrected chi connectivity index (χ2v) is 8.23.